The second-order valence-corrected chi connectivity index (χ2v) is 7.31. The van der Waals surface area contributed by atoms with Gasteiger partial charge in [-0.3, -0.25) is 4.79 Å². The van der Waals surface area contributed by atoms with Gasteiger partial charge in [-0.25, -0.2) is 14.1 Å². The largest absolute Gasteiger partial charge is 0.322 e. The van der Waals surface area contributed by atoms with Crippen molar-refractivity contribution in [3.05, 3.63) is 81.9 Å². The number of carbonyl (C=O) groups is 1. The van der Waals surface area contributed by atoms with Crippen LogP contribution in [-0.4, -0.2) is 20.7 Å². The van der Waals surface area contributed by atoms with Gasteiger partial charge >= 0.3 is 0 Å². The molecule has 1 amide bonds. The summed E-state index contributed by atoms with van der Waals surface area (Å²) in [4.78, 5) is 17.3. The molecule has 0 fully saturated rings. The van der Waals surface area contributed by atoms with Gasteiger partial charge in [0.15, 0.2) is 5.65 Å². The van der Waals surface area contributed by atoms with Crippen LogP contribution in [0, 0.1) is 26.6 Å². The van der Waals surface area contributed by atoms with Crippen LogP contribution < -0.4 is 5.32 Å². The first-order valence-corrected chi connectivity index (χ1v) is 9.41. The number of anilines is 1. The van der Waals surface area contributed by atoms with Crippen molar-refractivity contribution in [3.8, 4) is 5.69 Å². The molecule has 29 heavy (non-hydrogen) atoms. The lowest BCUT2D eigenvalue weighted by Gasteiger charge is -2.10. The molecule has 0 aliphatic heterocycles. The zero-order valence-electron chi connectivity index (χ0n) is 16.1. The van der Waals surface area contributed by atoms with Crippen molar-refractivity contribution in [2.45, 2.75) is 20.8 Å². The zero-order valence-corrected chi connectivity index (χ0v) is 16.9. The van der Waals surface area contributed by atoms with Crippen LogP contribution in [-0.2, 0) is 0 Å². The fraction of sp³-hybridized carbons (Fsp3) is 0.136. The lowest BCUT2D eigenvalue weighted by atomic mass is 10.1. The first-order valence-electron chi connectivity index (χ1n) is 9.03. The maximum Gasteiger partial charge on any atom is 0.258 e. The number of nitrogens with one attached hydrogen (secondary N) is 1. The summed E-state index contributed by atoms with van der Waals surface area (Å²) < 4.78 is 14.8. The number of benzene rings is 2. The minimum atomic E-state index is -0.342. The predicted molar refractivity (Wildman–Crippen MR) is 112 cm³/mol. The Hall–Kier alpha value is -3.25. The second kappa shape index (κ2) is 7.29. The highest BCUT2D eigenvalue weighted by Crippen LogP contribution is 2.30. The van der Waals surface area contributed by atoms with Crippen LogP contribution in [0.25, 0.3) is 16.7 Å². The van der Waals surface area contributed by atoms with Gasteiger partial charge in [0.05, 0.1) is 27.4 Å². The number of rotatable bonds is 3. The van der Waals surface area contributed by atoms with Gasteiger partial charge in [0, 0.05) is 11.9 Å². The molecule has 2 heterocycles. The van der Waals surface area contributed by atoms with Crippen LogP contribution in [0.3, 0.4) is 0 Å². The number of hydrogen-bond acceptors (Lipinski definition) is 3. The standard InChI is InChI=1S/C22H18ClFN4O/c1-12-4-9-18(13(2)10-12)26-22(29)17-11-25-21-19(20(17)23)14(3)27-28(21)16-7-5-15(24)6-8-16/h4-11H,1-3H3,(H,26,29). The van der Waals surface area contributed by atoms with Crippen molar-refractivity contribution in [1.82, 2.24) is 14.8 Å². The Morgan fingerprint density at radius 2 is 1.83 bits per heavy atom. The van der Waals surface area contributed by atoms with Crippen molar-refractivity contribution in [2.75, 3.05) is 5.32 Å². The molecule has 4 rings (SSSR count). The van der Waals surface area contributed by atoms with E-state index in [1.165, 1.54) is 18.3 Å². The van der Waals surface area contributed by atoms with Crippen molar-refractivity contribution in [1.29, 1.82) is 0 Å². The average Bonchev–Trinajstić information content (AvgIpc) is 3.02. The van der Waals surface area contributed by atoms with Crippen molar-refractivity contribution >= 4 is 34.2 Å². The maximum atomic E-state index is 13.2. The summed E-state index contributed by atoms with van der Waals surface area (Å²) in [7, 11) is 0. The highest BCUT2D eigenvalue weighted by atomic mass is 35.5. The molecule has 0 bridgehead atoms. The third-order valence-corrected chi connectivity index (χ3v) is 5.15. The topological polar surface area (TPSA) is 59.8 Å². The minimum absolute atomic E-state index is 0.265. The summed E-state index contributed by atoms with van der Waals surface area (Å²) in [5.74, 6) is -0.677. The van der Waals surface area contributed by atoms with E-state index >= 15 is 0 Å². The van der Waals surface area contributed by atoms with Gasteiger partial charge < -0.3 is 5.32 Å². The molecular weight excluding hydrogens is 391 g/mol. The lowest BCUT2D eigenvalue weighted by molar-refractivity contribution is 0.102. The summed E-state index contributed by atoms with van der Waals surface area (Å²) in [6, 6.07) is 11.7. The van der Waals surface area contributed by atoms with E-state index in [4.69, 9.17) is 11.6 Å². The number of nitrogens with zero attached hydrogens (tertiary/aromatic N) is 3. The number of aryl methyl sites for hydroxylation is 3. The zero-order chi connectivity index (χ0) is 20.7. The van der Waals surface area contributed by atoms with Gasteiger partial charge in [0.1, 0.15) is 5.82 Å². The molecule has 2 aromatic heterocycles. The first kappa shape index (κ1) is 19.1. The maximum absolute atomic E-state index is 13.2. The molecule has 7 heteroatoms. The van der Waals surface area contributed by atoms with E-state index < -0.39 is 0 Å². The van der Waals surface area contributed by atoms with Crippen LogP contribution in [0.1, 0.15) is 27.2 Å². The van der Waals surface area contributed by atoms with E-state index in [1.807, 2.05) is 32.0 Å². The second-order valence-electron chi connectivity index (χ2n) is 6.93. The van der Waals surface area contributed by atoms with E-state index in [0.717, 1.165) is 16.8 Å². The molecule has 4 aromatic rings. The number of aromatic nitrogens is 3. The fourth-order valence-electron chi connectivity index (χ4n) is 3.27. The first-order chi connectivity index (χ1) is 13.8. The van der Waals surface area contributed by atoms with E-state index in [9.17, 15) is 9.18 Å². The molecule has 2 aromatic carbocycles. The smallest absolute Gasteiger partial charge is 0.258 e. The molecule has 0 aliphatic rings. The Labute approximate surface area is 172 Å². The van der Waals surface area contributed by atoms with E-state index in [-0.39, 0.29) is 22.3 Å². The van der Waals surface area contributed by atoms with Crippen LogP contribution in [0.15, 0.2) is 48.7 Å². The van der Waals surface area contributed by atoms with Crippen molar-refractivity contribution in [3.63, 3.8) is 0 Å². The van der Waals surface area contributed by atoms with Crippen LogP contribution >= 0.6 is 11.6 Å². The number of amides is 1. The summed E-state index contributed by atoms with van der Waals surface area (Å²) in [5.41, 5.74) is 4.84. The van der Waals surface area contributed by atoms with Crippen LogP contribution in [0.2, 0.25) is 5.02 Å². The quantitative estimate of drug-likeness (QED) is 0.494. The number of hydrogen-bond donors (Lipinski definition) is 1. The van der Waals surface area contributed by atoms with Gasteiger partial charge in [0.25, 0.3) is 5.91 Å². The minimum Gasteiger partial charge on any atom is -0.322 e. The summed E-state index contributed by atoms with van der Waals surface area (Å²) in [6.07, 6.45) is 1.44. The van der Waals surface area contributed by atoms with Crippen LogP contribution in [0.5, 0.6) is 0 Å². The summed E-state index contributed by atoms with van der Waals surface area (Å²) in [5, 5.41) is 8.23. The normalized spacial score (nSPS) is 11.1. The Morgan fingerprint density at radius 1 is 1.10 bits per heavy atom. The Balaban J connectivity index is 1.75. The highest BCUT2D eigenvalue weighted by Gasteiger charge is 2.20. The van der Waals surface area contributed by atoms with Crippen molar-refractivity contribution in [2.24, 2.45) is 0 Å². The van der Waals surface area contributed by atoms with Crippen molar-refractivity contribution < 1.29 is 9.18 Å². The number of fused-ring (bicyclic) bond motifs is 1. The lowest BCUT2D eigenvalue weighted by Crippen LogP contribution is -2.14. The molecule has 146 valence electrons. The highest BCUT2D eigenvalue weighted by molar-refractivity contribution is 6.39. The van der Waals surface area contributed by atoms with Gasteiger partial charge in [-0.2, -0.15) is 5.10 Å². The molecule has 0 saturated heterocycles. The number of carbonyl (C=O) groups excluding carboxylic acids is 1. The molecule has 0 saturated carbocycles. The van der Waals surface area contributed by atoms with E-state index in [0.29, 0.717) is 22.4 Å². The third kappa shape index (κ3) is 3.47. The van der Waals surface area contributed by atoms with Crippen LogP contribution in [0.4, 0.5) is 10.1 Å². The van der Waals surface area contributed by atoms with E-state index in [1.54, 1.807) is 23.7 Å². The molecule has 0 aliphatic carbocycles. The fourth-order valence-corrected chi connectivity index (χ4v) is 3.63. The van der Waals surface area contributed by atoms with Gasteiger partial charge in [-0.05, 0) is 56.7 Å². The van der Waals surface area contributed by atoms with Gasteiger partial charge in [-0.1, -0.05) is 29.3 Å². The average molecular weight is 409 g/mol. The van der Waals surface area contributed by atoms with Gasteiger partial charge in [-0.15, -0.1) is 0 Å². The third-order valence-electron chi connectivity index (χ3n) is 4.75. The van der Waals surface area contributed by atoms with Gasteiger partial charge in [0.2, 0.25) is 0 Å². The molecule has 1 N–H and O–H groups in total. The predicted octanol–water partition coefficient (Wildman–Crippen LogP) is 5.39. The summed E-state index contributed by atoms with van der Waals surface area (Å²) in [6.45, 7) is 5.72. The molecule has 0 atom stereocenters. The Morgan fingerprint density at radius 3 is 2.52 bits per heavy atom. The van der Waals surface area contributed by atoms with E-state index in [2.05, 4.69) is 15.4 Å². The Kier molecular flexibility index (Phi) is 4.80. The monoisotopic (exact) mass is 408 g/mol. The number of halogens is 2. The summed E-state index contributed by atoms with van der Waals surface area (Å²) >= 11 is 6.58. The molecule has 0 spiro atoms. The molecular formula is C22H18ClFN4O. The molecule has 0 radical (unpaired) electrons. The molecule has 0 unspecified atom stereocenters. The SMILES string of the molecule is Cc1ccc(NC(=O)c2cnc3c(c(C)nn3-c3ccc(F)cc3)c2Cl)c(C)c1. The molecule has 5 nitrogen and oxygen atoms in total. The number of pyridine rings is 1. The Bertz CT molecular complexity index is 1250.